The Bertz CT molecular complexity index is 1030. The highest BCUT2D eigenvalue weighted by Crippen LogP contribution is 2.26. The van der Waals surface area contributed by atoms with Crippen molar-refractivity contribution in [2.24, 2.45) is 0 Å². The third-order valence-electron chi connectivity index (χ3n) is 4.93. The minimum absolute atomic E-state index is 0.0503. The predicted octanol–water partition coefficient (Wildman–Crippen LogP) is 2.06. The number of carbonyl (C=O) groups excluding carboxylic acids is 1. The summed E-state index contributed by atoms with van der Waals surface area (Å²) in [5, 5.41) is 10.6. The molecular formula is C19H24N4O7S. The van der Waals surface area contributed by atoms with Gasteiger partial charge in [0.05, 0.1) is 18.1 Å². The van der Waals surface area contributed by atoms with Gasteiger partial charge in [0, 0.05) is 49.3 Å². The van der Waals surface area contributed by atoms with Crippen LogP contribution in [0.15, 0.2) is 41.6 Å². The number of ether oxygens (including phenoxy) is 1. The molecule has 31 heavy (non-hydrogen) atoms. The third kappa shape index (κ3) is 5.79. The van der Waals surface area contributed by atoms with Crippen LogP contribution in [0.25, 0.3) is 10.8 Å². The minimum atomic E-state index is -3.74. The number of amides is 1. The van der Waals surface area contributed by atoms with Gasteiger partial charge in [-0.25, -0.2) is 13.2 Å². The van der Waals surface area contributed by atoms with E-state index in [4.69, 9.17) is 4.74 Å². The normalized spacial score (nSPS) is 15.4. The Hall–Kier alpha value is -2.99. The van der Waals surface area contributed by atoms with Crippen LogP contribution in [0.4, 0.5) is 4.79 Å². The molecule has 1 aliphatic rings. The molecule has 1 aromatic carbocycles. The fourth-order valence-electron chi connectivity index (χ4n) is 3.37. The quantitative estimate of drug-likeness (QED) is 0.338. The fraction of sp³-hybridized carbons (Fsp3) is 0.474. The van der Waals surface area contributed by atoms with Gasteiger partial charge in [0.25, 0.3) is 5.09 Å². The number of sulfonamides is 1. The number of hydrogen-bond donors (Lipinski definition) is 0. The first-order chi connectivity index (χ1) is 14.9. The molecule has 0 bridgehead atoms. The molecule has 0 N–H and O–H groups in total. The summed E-state index contributed by atoms with van der Waals surface area (Å²) in [7, 11) is -3.74. The van der Waals surface area contributed by atoms with Gasteiger partial charge < -0.3 is 14.5 Å². The molecule has 0 atom stereocenters. The molecular weight excluding hydrogens is 428 g/mol. The van der Waals surface area contributed by atoms with E-state index < -0.39 is 21.2 Å². The van der Waals surface area contributed by atoms with E-state index in [2.05, 4.69) is 9.82 Å². The topological polar surface area (TPSA) is 132 Å². The number of aromatic nitrogens is 1. The van der Waals surface area contributed by atoms with Gasteiger partial charge in [-0.1, -0.05) is 12.1 Å². The average molecular weight is 452 g/mol. The second kappa shape index (κ2) is 10.4. The first-order valence-electron chi connectivity index (χ1n) is 9.91. The van der Waals surface area contributed by atoms with Crippen molar-refractivity contribution >= 4 is 26.9 Å². The van der Waals surface area contributed by atoms with E-state index in [1.165, 1.54) is 9.21 Å². The number of carbonyl (C=O) groups is 1. The average Bonchev–Trinajstić information content (AvgIpc) is 3.02. The van der Waals surface area contributed by atoms with E-state index in [1.54, 1.807) is 30.6 Å². The molecule has 2 heterocycles. The first-order valence-corrected chi connectivity index (χ1v) is 11.4. The second-order valence-electron chi connectivity index (χ2n) is 6.98. The van der Waals surface area contributed by atoms with Gasteiger partial charge in [0.2, 0.25) is 10.0 Å². The molecule has 11 nitrogen and oxygen atoms in total. The zero-order chi connectivity index (χ0) is 22.3. The van der Waals surface area contributed by atoms with Crippen molar-refractivity contribution in [2.45, 2.75) is 24.2 Å². The summed E-state index contributed by atoms with van der Waals surface area (Å²) in [4.78, 5) is 32.3. The largest absolute Gasteiger partial charge is 0.449 e. The fourth-order valence-corrected chi connectivity index (χ4v) is 5.05. The summed E-state index contributed by atoms with van der Waals surface area (Å²) in [6.45, 7) is 1.12. The molecule has 1 fully saturated rings. The highest BCUT2D eigenvalue weighted by Gasteiger charge is 2.29. The van der Waals surface area contributed by atoms with Gasteiger partial charge in [-0.2, -0.15) is 4.31 Å². The monoisotopic (exact) mass is 452 g/mol. The lowest BCUT2D eigenvalue weighted by atomic mass is 10.2. The lowest BCUT2D eigenvalue weighted by Gasteiger charge is -2.22. The maximum absolute atomic E-state index is 13.3. The van der Waals surface area contributed by atoms with Crippen LogP contribution in [0.5, 0.6) is 0 Å². The van der Waals surface area contributed by atoms with Crippen LogP contribution in [0, 0.1) is 10.1 Å². The molecule has 168 valence electrons. The Morgan fingerprint density at radius 3 is 2.74 bits per heavy atom. The zero-order valence-corrected chi connectivity index (χ0v) is 17.7. The maximum atomic E-state index is 13.3. The lowest BCUT2D eigenvalue weighted by molar-refractivity contribution is -0.757. The van der Waals surface area contributed by atoms with Gasteiger partial charge >= 0.3 is 6.09 Å². The molecule has 0 spiro atoms. The van der Waals surface area contributed by atoms with Crippen LogP contribution in [0.3, 0.4) is 0 Å². The molecule has 0 saturated carbocycles. The number of pyridine rings is 1. The Morgan fingerprint density at radius 2 is 1.94 bits per heavy atom. The van der Waals surface area contributed by atoms with Crippen molar-refractivity contribution in [1.29, 1.82) is 0 Å². The van der Waals surface area contributed by atoms with Crippen LogP contribution in [0.2, 0.25) is 0 Å². The summed E-state index contributed by atoms with van der Waals surface area (Å²) in [5.74, 6) is 0. The standard InChI is InChI=1S/C19H24N4O7S/c24-19(29-13-1-2-14-30-23(25)26)21-9-4-10-22(12-11-21)31(27,28)18-6-3-5-16-15-20-8-7-17(16)18/h3,5-8,15H,1-2,4,9-14H2. The Kier molecular flexibility index (Phi) is 7.58. The maximum Gasteiger partial charge on any atom is 0.409 e. The molecule has 0 radical (unpaired) electrons. The van der Waals surface area contributed by atoms with E-state index in [0.717, 1.165) is 5.39 Å². The number of fused-ring (bicyclic) bond motifs is 1. The summed E-state index contributed by atoms with van der Waals surface area (Å²) in [5.41, 5.74) is 0. The van der Waals surface area contributed by atoms with Crippen molar-refractivity contribution < 1.29 is 27.9 Å². The summed E-state index contributed by atoms with van der Waals surface area (Å²) in [6.07, 6.45) is 3.97. The van der Waals surface area contributed by atoms with Crippen LogP contribution >= 0.6 is 0 Å². The van der Waals surface area contributed by atoms with Crippen molar-refractivity contribution in [2.75, 3.05) is 39.4 Å². The number of nitrogens with zero attached hydrogens (tertiary/aromatic N) is 4. The number of rotatable bonds is 8. The van der Waals surface area contributed by atoms with Gasteiger partial charge in [-0.15, -0.1) is 10.1 Å². The highest BCUT2D eigenvalue weighted by atomic mass is 32.2. The van der Waals surface area contributed by atoms with Gasteiger partial charge in [-0.05, 0) is 31.4 Å². The van der Waals surface area contributed by atoms with Gasteiger partial charge in [-0.3, -0.25) is 4.98 Å². The lowest BCUT2D eigenvalue weighted by Crippen LogP contribution is -2.37. The van der Waals surface area contributed by atoms with Crippen molar-refractivity contribution in [3.63, 3.8) is 0 Å². The smallest absolute Gasteiger partial charge is 0.409 e. The van der Waals surface area contributed by atoms with E-state index >= 15 is 0 Å². The summed E-state index contributed by atoms with van der Waals surface area (Å²) in [6, 6.07) is 6.76. The molecule has 1 aliphatic heterocycles. The van der Waals surface area contributed by atoms with Crippen LogP contribution in [-0.4, -0.2) is 73.2 Å². The van der Waals surface area contributed by atoms with Crippen molar-refractivity contribution in [3.8, 4) is 0 Å². The molecule has 1 aromatic heterocycles. The molecule has 3 rings (SSSR count). The first kappa shape index (κ1) is 22.7. The van der Waals surface area contributed by atoms with Crippen molar-refractivity contribution in [1.82, 2.24) is 14.2 Å². The molecule has 1 saturated heterocycles. The zero-order valence-electron chi connectivity index (χ0n) is 16.9. The molecule has 12 heteroatoms. The Balaban J connectivity index is 1.56. The van der Waals surface area contributed by atoms with Crippen LogP contribution in [-0.2, 0) is 19.6 Å². The van der Waals surface area contributed by atoms with Gasteiger partial charge in [0.1, 0.15) is 0 Å². The number of benzene rings is 1. The molecule has 0 aliphatic carbocycles. The SMILES string of the molecule is O=C(OCCCCO[N+](=O)[O-])N1CCCN(S(=O)(=O)c2cccc3cnccc23)CC1. The molecule has 2 aromatic rings. The Labute approximate surface area is 179 Å². The minimum Gasteiger partial charge on any atom is -0.449 e. The second-order valence-corrected chi connectivity index (χ2v) is 8.88. The predicted molar refractivity (Wildman–Crippen MR) is 110 cm³/mol. The summed E-state index contributed by atoms with van der Waals surface area (Å²) >= 11 is 0. The highest BCUT2D eigenvalue weighted by molar-refractivity contribution is 7.89. The number of hydrogen-bond acceptors (Lipinski definition) is 8. The molecule has 1 amide bonds. The number of unbranched alkanes of at least 4 members (excludes halogenated alkanes) is 1. The van der Waals surface area contributed by atoms with Crippen molar-refractivity contribution in [3.05, 3.63) is 46.8 Å². The van der Waals surface area contributed by atoms with Gasteiger partial charge in [0.15, 0.2) is 0 Å². The van der Waals surface area contributed by atoms with E-state index in [9.17, 15) is 23.3 Å². The van der Waals surface area contributed by atoms with E-state index in [-0.39, 0.29) is 31.2 Å². The van der Waals surface area contributed by atoms with E-state index in [0.29, 0.717) is 37.7 Å². The third-order valence-corrected chi connectivity index (χ3v) is 6.89. The Morgan fingerprint density at radius 1 is 1.13 bits per heavy atom. The van der Waals surface area contributed by atoms with Crippen LogP contribution < -0.4 is 0 Å². The van der Waals surface area contributed by atoms with E-state index in [1.807, 2.05) is 6.07 Å². The van der Waals surface area contributed by atoms with Crippen LogP contribution in [0.1, 0.15) is 19.3 Å². The summed E-state index contributed by atoms with van der Waals surface area (Å²) < 4.78 is 33.1. The molecule has 0 unspecified atom stereocenters.